The van der Waals surface area contributed by atoms with Crippen LogP contribution >= 0.6 is 6.26 Å². The molecule has 0 amide bonds. The second-order valence-corrected chi connectivity index (χ2v) is 11.1. The van der Waals surface area contributed by atoms with Crippen LogP contribution in [-0.2, 0) is 25.9 Å². The van der Waals surface area contributed by atoms with Crippen LogP contribution < -0.4 is 0 Å². The van der Waals surface area contributed by atoms with E-state index in [0.29, 0.717) is 0 Å². The fourth-order valence-corrected chi connectivity index (χ4v) is 5.64. The van der Waals surface area contributed by atoms with Gasteiger partial charge in [-0.2, -0.15) is 0 Å². The number of esters is 1. The molecule has 2 atom stereocenters. The number of ether oxygens (including phenoxy) is 1. The van der Waals surface area contributed by atoms with Gasteiger partial charge < -0.3 is 9.26 Å². The Labute approximate surface area is 110 Å². The molecule has 0 radical (unpaired) electrons. The highest BCUT2D eigenvalue weighted by molar-refractivity contribution is 8.13. The van der Waals surface area contributed by atoms with Gasteiger partial charge in [-0.05, 0) is 13.8 Å². The summed E-state index contributed by atoms with van der Waals surface area (Å²) in [5, 5.41) is -0.137. The van der Waals surface area contributed by atoms with Crippen molar-refractivity contribution in [3.05, 3.63) is 0 Å². The molecule has 17 heavy (non-hydrogen) atoms. The fraction of sp³-hybridized carbons (Fsp3) is 0.917. The minimum atomic E-state index is -2.13. The summed E-state index contributed by atoms with van der Waals surface area (Å²) in [6.07, 6.45) is -2.13. The molecule has 0 aliphatic carbocycles. The smallest absolute Gasteiger partial charge is 0.311 e. The molecule has 0 aliphatic rings. The molecule has 2 unspecified atom stereocenters. The summed E-state index contributed by atoms with van der Waals surface area (Å²) in [6.45, 7) is 11.9. The SMILES string of the molecule is COC(=O)C(C)(C)C(C)P(=S)(OC)C(C)(C)C. The first-order valence-corrected chi connectivity index (χ1v) is 8.48. The van der Waals surface area contributed by atoms with Crippen molar-refractivity contribution in [3.8, 4) is 0 Å². The summed E-state index contributed by atoms with van der Waals surface area (Å²) >= 11 is 5.76. The molecular formula is C12H25O3PS. The van der Waals surface area contributed by atoms with E-state index < -0.39 is 11.7 Å². The maximum atomic E-state index is 11.9. The standard InChI is InChI=1S/C12H25O3PS/c1-9(12(5,6)10(13)14-7)16(17,15-8)11(2,3)4/h9H,1-8H3. The van der Waals surface area contributed by atoms with Crippen molar-refractivity contribution in [2.75, 3.05) is 14.2 Å². The van der Waals surface area contributed by atoms with E-state index in [2.05, 4.69) is 20.8 Å². The maximum absolute atomic E-state index is 11.9. The van der Waals surface area contributed by atoms with Crippen LogP contribution in [0.3, 0.4) is 0 Å². The topological polar surface area (TPSA) is 35.5 Å². The third kappa shape index (κ3) is 3.10. The van der Waals surface area contributed by atoms with Crippen molar-refractivity contribution >= 4 is 24.0 Å². The maximum Gasteiger partial charge on any atom is 0.311 e. The first kappa shape index (κ1) is 17.1. The lowest BCUT2D eigenvalue weighted by molar-refractivity contribution is -0.150. The van der Waals surface area contributed by atoms with E-state index in [1.165, 1.54) is 7.11 Å². The summed E-state index contributed by atoms with van der Waals surface area (Å²) in [4.78, 5) is 11.9. The zero-order valence-corrected chi connectivity index (χ0v) is 13.9. The Morgan fingerprint density at radius 2 is 1.59 bits per heavy atom. The van der Waals surface area contributed by atoms with Crippen molar-refractivity contribution in [2.24, 2.45) is 5.41 Å². The van der Waals surface area contributed by atoms with Crippen molar-refractivity contribution in [3.63, 3.8) is 0 Å². The Hall–Kier alpha value is 0.0800. The van der Waals surface area contributed by atoms with Gasteiger partial charge in [0.25, 0.3) is 0 Å². The van der Waals surface area contributed by atoms with Crippen molar-refractivity contribution in [1.29, 1.82) is 0 Å². The fourth-order valence-electron chi connectivity index (χ4n) is 1.87. The molecule has 0 bridgehead atoms. The summed E-state index contributed by atoms with van der Waals surface area (Å²) in [5.74, 6) is -0.236. The minimum Gasteiger partial charge on any atom is -0.469 e. The monoisotopic (exact) mass is 280 g/mol. The third-order valence-electron chi connectivity index (χ3n) is 3.47. The predicted octanol–water partition coefficient (Wildman–Crippen LogP) is 3.41. The van der Waals surface area contributed by atoms with E-state index in [-0.39, 0.29) is 16.8 Å². The molecule has 0 aromatic rings. The zero-order valence-electron chi connectivity index (χ0n) is 12.2. The molecule has 0 aliphatic heterocycles. The minimum absolute atomic E-state index is 0.0394. The molecule has 0 N–H and O–H groups in total. The van der Waals surface area contributed by atoms with Crippen LogP contribution in [0.4, 0.5) is 0 Å². The Morgan fingerprint density at radius 1 is 1.18 bits per heavy atom. The molecule has 0 saturated carbocycles. The average Bonchev–Trinajstić information content (AvgIpc) is 2.23. The van der Waals surface area contributed by atoms with Gasteiger partial charge in [0.15, 0.2) is 0 Å². The van der Waals surface area contributed by atoms with Gasteiger partial charge in [-0.25, -0.2) is 0 Å². The summed E-state index contributed by atoms with van der Waals surface area (Å²) in [5.41, 5.74) is -0.671. The Kier molecular flexibility index (Phi) is 5.40. The largest absolute Gasteiger partial charge is 0.469 e. The molecule has 0 saturated heterocycles. The second kappa shape index (κ2) is 5.38. The van der Waals surface area contributed by atoms with Crippen LogP contribution in [0.1, 0.15) is 41.5 Å². The van der Waals surface area contributed by atoms with E-state index >= 15 is 0 Å². The molecule has 5 heteroatoms. The lowest BCUT2D eigenvalue weighted by Crippen LogP contribution is -2.40. The summed E-state index contributed by atoms with van der Waals surface area (Å²) < 4.78 is 10.5. The van der Waals surface area contributed by atoms with Gasteiger partial charge in [0, 0.05) is 17.9 Å². The van der Waals surface area contributed by atoms with E-state index in [1.54, 1.807) is 7.11 Å². The van der Waals surface area contributed by atoms with Gasteiger partial charge in [-0.15, -0.1) is 0 Å². The summed E-state index contributed by atoms with van der Waals surface area (Å²) in [6, 6.07) is 0. The quantitative estimate of drug-likeness (QED) is 0.584. The Morgan fingerprint density at radius 3 is 1.82 bits per heavy atom. The predicted molar refractivity (Wildman–Crippen MR) is 76.3 cm³/mol. The lowest BCUT2D eigenvalue weighted by Gasteiger charge is -2.43. The number of rotatable bonds is 4. The number of carbonyl (C=O) groups is 1. The third-order valence-corrected chi connectivity index (χ3v) is 10.6. The van der Waals surface area contributed by atoms with E-state index in [4.69, 9.17) is 21.1 Å². The second-order valence-electron chi connectivity index (χ2n) is 5.84. The first-order valence-electron chi connectivity index (χ1n) is 5.69. The lowest BCUT2D eigenvalue weighted by atomic mass is 9.90. The van der Waals surface area contributed by atoms with Gasteiger partial charge >= 0.3 is 5.97 Å². The zero-order chi connectivity index (χ0) is 14.1. The molecule has 0 heterocycles. The van der Waals surface area contributed by atoms with Crippen molar-refractivity contribution < 1.29 is 14.1 Å². The molecular weight excluding hydrogens is 255 g/mol. The van der Waals surface area contributed by atoms with Crippen molar-refractivity contribution in [2.45, 2.75) is 52.4 Å². The van der Waals surface area contributed by atoms with Crippen LogP contribution in [0.2, 0.25) is 0 Å². The first-order chi connectivity index (χ1) is 7.45. The molecule has 0 rings (SSSR count). The Bertz CT molecular complexity index is 331. The van der Waals surface area contributed by atoms with Crippen molar-refractivity contribution in [1.82, 2.24) is 0 Å². The number of carbonyl (C=O) groups excluding carboxylic acids is 1. The van der Waals surface area contributed by atoms with E-state index in [0.717, 1.165) is 0 Å². The van der Waals surface area contributed by atoms with Gasteiger partial charge in [0.1, 0.15) is 0 Å². The van der Waals surface area contributed by atoms with Gasteiger partial charge in [0.2, 0.25) is 0 Å². The van der Waals surface area contributed by atoms with Crippen LogP contribution in [0.15, 0.2) is 0 Å². The van der Waals surface area contributed by atoms with Crippen LogP contribution in [-0.4, -0.2) is 31.0 Å². The normalized spacial score (nSPS) is 18.4. The van der Waals surface area contributed by atoms with E-state index in [9.17, 15) is 4.79 Å². The number of hydrogen-bond donors (Lipinski definition) is 0. The van der Waals surface area contributed by atoms with Crippen LogP contribution in [0.5, 0.6) is 0 Å². The van der Waals surface area contributed by atoms with Gasteiger partial charge in [-0.3, -0.25) is 4.79 Å². The average molecular weight is 280 g/mol. The van der Waals surface area contributed by atoms with Gasteiger partial charge in [0.05, 0.1) is 18.8 Å². The highest BCUT2D eigenvalue weighted by Gasteiger charge is 2.48. The highest BCUT2D eigenvalue weighted by atomic mass is 32.4. The molecule has 3 nitrogen and oxygen atoms in total. The Balaban J connectivity index is 5.49. The molecule has 0 aromatic heterocycles. The van der Waals surface area contributed by atoms with Crippen LogP contribution in [0.25, 0.3) is 0 Å². The molecule has 0 spiro atoms. The van der Waals surface area contributed by atoms with Gasteiger partial charge in [-0.1, -0.05) is 39.5 Å². The molecule has 0 aromatic carbocycles. The number of methoxy groups -OCH3 is 1. The summed E-state index contributed by atoms with van der Waals surface area (Å²) in [7, 11) is 3.06. The van der Waals surface area contributed by atoms with Crippen LogP contribution in [0, 0.1) is 5.41 Å². The number of hydrogen-bond acceptors (Lipinski definition) is 4. The van der Waals surface area contributed by atoms with E-state index in [1.807, 2.05) is 20.8 Å². The highest BCUT2D eigenvalue weighted by Crippen LogP contribution is 2.66. The molecule has 102 valence electrons. The molecule has 0 fully saturated rings.